The monoisotopic (exact) mass is 1470 g/mol. The minimum atomic E-state index is -2.58. The molecule has 6 heterocycles. The van der Waals surface area contributed by atoms with Gasteiger partial charge in [-0.25, -0.2) is 4.89 Å². The van der Waals surface area contributed by atoms with E-state index in [1.807, 2.05) is 5.32 Å². The van der Waals surface area contributed by atoms with Gasteiger partial charge in [-0.2, -0.15) is 0 Å². The number of rotatable bonds is 33. The molecule has 0 aromatic carbocycles. The van der Waals surface area contributed by atoms with Gasteiger partial charge in [0.15, 0.2) is 62.7 Å². The summed E-state index contributed by atoms with van der Waals surface area (Å²) < 4.78 is 92.4. The Morgan fingerprint density at radius 3 is 1.56 bits per heavy atom. The van der Waals surface area contributed by atoms with Crippen LogP contribution in [0.1, 0.15) is 41.5 Å². The molecule has 45 heteroatoms. The lowest BCUT2D eigenvalue weighted by atomic mass is 9.95. The van der Waals surface area contributed by atoms with Crippen LogP contribution < -0.4 is 21.3 Å². The highest BCUT2D eigenvalue weighted by Gasteiger charge is 2.58. The molecule has 0 bridgehead atoms. The third kappa shape index (κ3) is 21.5. The van der Waals surface area contributed by atoms with Crippen LogP contribution in [0.2, 0.25) is 0 Å². The largest absolute Gasteiger partial charge is 0.394 e. The molecule has 0 aromatic rings. The minimum Gasteiger partial charge on any atom is -0.394 e. The molecule has 37 atom stereocenters. The van der Waals surface area contributed by atoms with Gasteiger partial charge in [-0.05, 0) is 13.8 Å². The van der Waals surface area contributed by atoms with Crippen LogP contribution in [0.15, 0.2) is 0 Å². The van der Waals surface area contributed by atoms with E-state index in [0.29, 0.717) is 0 Å². The normalized spacial score (nSPS) is 42.0. The van der Waals surface area contributed by atoms with Crippen molar-refractivity contribution in [1.29, 1.82) is 0 Å². The summed E-state index contributed by atoms with van der Waals surface area (Å²) in [6.07, 6.45) is -68.0. The van der Waals surface area contributed by atoms with Gasteiger partial charge in [0.1, 0.15) is 146 Å². The Balaban J connectivity index is 1.36. The number of carbonyl (C=O) groups excluding carboxylic acids is 4. The van der Waals surface area contributed by atoms with Crippen LogP contribution in [0.3, 0.4) is 0 Å². The average Bonchev–Trinajstić information content (AvgIpc) is 0.774. The number of amides is 4. The van der Waals surface area contributed by atoms with Crippen LogP contribution in [0, 0.1) is 0 Å². The lowest BCUT2D eigenvalue weighted by molar-refractivity contribution is -0.440. The quantitative estimate of drug-likeness (QED) is 0.0126. The van der Waals surface area contributed by atoms with Crippen molar-refractivity contribution in [3.05, 3.63) is 0 Å². The molecular formula is C54H94N4O40S. The maximum atomic E-state index is 12.7. The molecule has 44 nitrogen and oxygen atoms in total. The average molecular weight is 1470 g/mol. The van der Waals surface area contributed by atoms with Crippen molar-refractivity contribution in [2.24, 2.45) is 0 Å². The van der Waals surface area contributed by atoms with Gasteiger partial charge < -0.3 is 189 Å². The number of hydrogen-bond acceptors (Lipinski definition) is 41. The van der Waals surface area contributed by atoms with Crippen molar-refractivity contribution in [3.8, 4) is 0 Å². The molecule has 36 unspecified atom stereocenters. The molecule has 6 saturated heterocycles. The van der Waals surface area contributed by atoms with Crippen molar-refractivity contribution in [2.45, 2.75) is 269 Å². The first-order chi connectivity index (χ1) is 46.6. The van der Waals surface area contributed by atoms with Crippen molar-refractivity contribution in [1.82, 2.24) is 21.3 Å². The fraction of sp³-hybridized carbons (Fsp3) is 0.926. The molecule has 0 saturated carbocycles. The molecule has 576 valence electrons. The van der Waals surface area contributed by atoms with Crippen molar-refractivity contribution in [3.63, 3.8) is 0 Å². The maximum Gasteiger partial charge on any atom is 0.238 e. The molecule has 6 rings (SSSR count). The molecule has 0 aliphatic carbocycles. The molecule has 6 aliphatic heterocycles. The number of thiol groups is 1. The van der Waals surface area contributed by atoms with E-state index in [9.17, 15) is 116 Å². The Morgan fingerprint density at radius 2 is 1.01 bits per heavy atom. The molecule has 6 fully saturated rings. The highest BCUT2D eigenvalue weighted by molar-refractivity contribution is 7.80. The van der Waals surface area contributed by atoms with E-state index in [0.717, 1.165) is 34.8 Å². The SMILES string of the molecule is COC(CO)C(OC1OC(OC2OC(COC3OC(CO)C(O)C(O)C3NC(C)=O)C(O)C(O)C2OC(O)NC(C)=O)C(O)C(OC2OC(CO)C(OC3OC(CO)C(O)C(O)C3NC(C)=O)C(O)C2OO)C1O)C(O)OC(NC(C)=O)[C@@H](S)OC(C)COC1OC(C)C(O)C(O)C1O. The second kappa shape index (κ2) is 38.7. The highest BCUT2D eigenvalue weighted by Crippen LogP contribution is 2.37. The second-order valence-electron chi connectivity index (χ2n) is 23.9. The molecular weight excluding hydrogens is 1380 g/mol. The summed E-state index contributed by atoms with van der Waals surface area (Å²) in [5, 5.41) is 217. The van der Waals surface area contributed by atoms with Gasteiger partial charge in [0.2, 0.25) is 30.0 Å². The summed E-state index contributed by atoms with van der Waals surface area (Å²) in [4.78, 5) is 53.8. The molecule has 23 N–H and O–H groups in total. The Labute approximate surface area is 568 Å². The van der Waals surface area contributed by atoms with E-state index in [1.54, 1.807) is 0 Å². The van der Waals surface area contributed by atoms with Gasteiger partial charge in [0, 0.05) is 34.8 Å². The van der Waals surface area contributed by atoms with Gasteiger partial charge in [-0.15, -0.1) is 12.6 Å². The minimum absolute atomic E-state index is 0.425. The Morgan fingerprint density at radius 1 is 0.485 bits per heavy atom. The van der Waals surface area contributed by atoms with E-state index in [-0.39, 0.29) is 0 Å². The molecule has 6 aliphatic rings. The predicted molar refractivity (Wildman–Crippen MR) is 312 cm³/mol. The molecule has 0 radical (unpaired) electrons. The van der Waals surface area contributed by atoms with Crippen LogP contribution in [-0.4, -0.2) is 395 Å². The number of aliphatic hydroxyl groups excluding tert-OH is 18. The number of ether oxygens (including phenoxy) is 16. The maximum absolute atomic E-state index is 12.7. The molecule has 0 aromatic heterocycles. The van der Waals surface area contributed by atoms with Crippen LogP contribution >= 0.6 is 12.6 Å². The summed E-state index contributed by atoms with van der Waals surface area (Å²) in [7, 11) is 0.980. The second-order valence-corrected chi connectivity index (χ2v) is 24.4. The third-order valence-corrected chi connectivity index (χ3v) is 16.8. The molecule has 99 heavy (non-hydrogen) atoms. The highest BCUT2D eigenvalue weighted by atomic mass is 32.1. The Hall–Kier alpha value is -3.21. The zero-order valence-electron chi connectivity index (χ0n) is 54.1. The van der Waals surface area contributed by atoms with E-state index in [1.165, 1.54) is 13.8 Å². The Kier molecular flexibility index (Phi) is 33.1. The summed E-state index contributed by atoms with van der Waals surface area (Å²) in [5.41, 5.74) is -1.61. The smallest absolute Gasteiger partial charge is 0.238 e. The summed E-state index contributed by atoms with van der Waals surface area (Å²) in [6.45, 7) is 1.28. The zero-order valence-corrected chi connectivity index (χ0v) is 55.0. The topological polar surface area (TPSA) is 658 Å². The number of carbonyl (C=O) groups is 4. The summed E-state index contributed by atoms with van der Waals surface area (Å²) in [5.74, 6) is -3.37. The first-order valence-electron chi connectivity index (χ1n) is 31.0. The number of methoxy groups -OCH3 is 1. The summed E-state index contributed by atoms with van der Waals surface area (Å²) >= 11 is 4.39. The predicted octanol–water partition coefficient (Wildman–Crippen LogP) is -14.0. The standard InChI is InChI=1S/C54H94N4O40S/c1-14(12-83-48-35(75)33(73)27(67)15(2)86-48)85-53(99)44(57-18(5)65)95-45(79)40(22(10-61)82-7)92-49-37(77)41(93-52-43(98-81)36(76)39(23(11-62)89-52)91-47-26(56-17(4)64)32(72)29(69)21(9-60)88-47)38(78)50(96-49)97-51-42(94-54(80)58-19(6)66)34(74)30(70)24(90-51)13-84-46-25(55-16(3)63)31(71)28(68)20(8-59)87-46/h14-15,20-54,59-62,67-81,99H,8-13H2,1-7H3,(H,55,63)(H,56,64)(H,57,65)(H,58,66)/t14?,15?,20?,21?,22?,23?,24?,25?,26?,27?,28?,29?,30?,31?,32?,33?,34?,35?,36?,37?,38?,39?,40?,41?,42?,43?,44?,45?,46?,47?,48?,49?,50?,51?,52?,53-,54?/m1/s1. The van der Waals surface area contributed by atoms with E-state index in [2.05, 4.69) is 33.5 Å². The van der Waals surface area contributed by atoms with Crippen LogP contribution in [0.4, 0.5) is 0 Å². The number of nitrogens with one attached hydrogen (secondary N) is 4. The Bertz CT molecular complexity index is 2480. The molecule has 0 spiro atoms. The molecule has 4 amide bonds. The lowest BCUT2D eigenvalue weighted by Crippen LogP contribution is -2.69. The van der Waals surface area contributed by atoms with E-state index >= 15 is 0 Å². The fourth-order valence-corrected chi connectivity index (χ4v) is 11.6. The zero-order chi connectivity index (χ0) is 73.8. The van der Waals surface area contributed by atoms with Crippen molar-refractivity contribution < 1.29 is 197 Å². The van der Waals surface area contributed by atoms with Crippen LogP contribution in [-0.2, 0) is 99.9 Å². The van der Waals surface area contributed by atoms with Gasteiger partial charge >= 0.3 is 0 Å². The fourth-order valence-electron chi connectivity index (χ4n) is 11.2. The van der Waals surface area contributed by atoms with Crippen LogP contribution in [0.5, 0.6) is 0 Å². The van der Waals surface area contributed by atoms with Gasteiger partial charge in [0.05, 0.1) is 51.8 Å². The van der Waals surface area contributed by atoms with Crippen LogP contribution in [0.25, 0.3) is 0 Å². The van der Waals surface area contributed by atoms with E-state index in [4.69, 9.17) is 75.8 Å². The van der Waals surface area contributed by atoms with Gasteiger partial charge in [-0.3, -0.25) is 24.4 Å². The summed E-state index contributed by atoms with van der Waals surface area (Å²) in [6, 6.07) is -3.26. The van der Waals surface area contributed by atoms with Crippen molar-refractivity contribution in [2.75, 3.05) is 46.8 Å². The number of aliphatic hydroxyl groups is 18. The number of hydrogen-bond donors (Lipinski definition) is 24. The van der Waals surface area contributed by atoms with E-state index < -0.39 is 290 Å². The van der Waals surface area contributed by atoms with Crippen molar-refractivity contribution >= 4 is 36.3 Å². The first kappa shape index (κ1) is 84.7. The third-order valence-electron chi connectivity index (χ3n) is 16.4. The van der Waals surface area contributed by atoms with Gasteiger partial charge in [-0.1, -0.05) is 0 Å². The lowest BCUT2D eigenvalue weighted by Gasteiger charge is -2.50. The van der Waals surface area contributed by atoms with Gasteiger partial charge in [0.25, 0.3) is 0 Å². The first-order valence-corrected chi connectivity index (χ1v) is 31.5.